The second kappa shape index (κ2) is 7.64. The van der Waals surface area contributed by atoms with E-state index in [1.54, 1.807) is 0 Å². The van der Waals surface area contributed by atoms with Gasteiger partial charge in [-0.1, -0.05) is 15.9 Å². The van der Waals surface area contributed by atoms with Gasteiger partial charge in [-0.25, -0.2) is 17.5 Å². The molecule has 118 valence electrons. The van der Waals surface area contributed by atoms with E-state index in [0.29, 0.717) is 17.4 Å². The van der Waals surface area contributed by atoms with Gasteiger partial charge in [-0.2, -0.15) is 0 Å². The second-order valence-electron chi connectivity index (χ2n) is 4.92. The molecule has 2 rings (SSSR count). The number of benzene rings is 1. The van der Waals surface area contributed by atoms with Gasteiger partial charge in [0.05, 0.1) is 0 Å². The second-order valence-corrected chi connectivity index (χ2v) is 7.57. The Hall–Kier alpha value is -0.540. The van der Waals surface area contributed by atoms with Crippen LogP contribution in [0.25, 0.3) is 0 Å². The number of piperazine rings is 1. The number of rotatable bonds is 6. The maximum atomic E-state index is 13.7. The van der Waals surface area contributed by atoms with E-state index in [-0.39, 0.29) is 4.90 Å². The Morgan fingerprint density at radius 3 is 2.71 bits per heavy atom. The first-order chi connectivity index (χ1) is 9.99. The molecule has 0 amide bonds. The lowest BCUT2D eigenvalue weighted by atomic mass is 10.3. The number of nitrogens with one attached hydrogen (secondary N) is 2. The summed E-state index contributed by atoms with van der Waals surface area (Å²) in [6.07, 6.45) is 0.706. The fourth-order valence-electron chi connectivity index (χ4n) is 2.21. The molecule has 0 aromatic heterocycles. The highest BCUT2D eigenvalue weighted by molar-refractivity contribution is 9.10. The fraction of sp³-hybridized carbons (Fsp3) is 0.538. The minimum Gasteiger partial charge on any atom is -0.314 e. The summed E-state index contributed by atoms with van der Waals surface area (Å²) in [5.41, 5.74) is 0. The Labute approximate surface area is 133 Å². The standard InChI is InChI=1S/C13H19BrFN3O2S/c14-11-2-3-13(12(15)10-11)21(19,20)17-4-1-7-18-8-5-16-6-9-18/h2-3,10,16-17H,1,4-9H2. The smallest absolute Gasteiger partial charge is 0.243 e. The van der Waals surface area contributed by atoms with Gasteiger partial charge in [0.2, 0.25) is 10.0 Å². The predicted octanol–water partition coefficient (Wildman–Crippen LogP) is 1.16. The van der Waals surface area contributed by atoms with Crippen LogP contribution in [0.15, 0.2) is 27.6 Å². The molecule has 0 saturated carbocycles. The fourth-order valence-corrected chi connectivity index (χ4v) is 3.68. The summed E-state index contributed by atoms with van der Waals surface area (Å²) >= 11 is 3.11. The Morgan fingerprint density at radius 2 is 2.05 bits per heavy atom. The van der Waals surface area contributed by atoms with Crippen molar-refractivity contribution >= 4 is 26.0 Å². The van der Waals surface area contributed by atoms with Gasteiger partial charge in [0.15, 0.2) is 0 Å². The van der Waals surface area contributed by atoms with Gasteiger partial charge >= 0.3 is 0 Å². The van der Waals surface area contributed by atoms with Gasteiger partial charge in [-0.05, 0) is 31.2 Å². The average molecular weight is 380 g/mol. The van der Waals surface area contributed by atoms with Crippen molar-refractivity contribution in [1.29, 1.82) is 0 Å². The molecule has 1 fully saturated rings. The van der Waals surface area contributed by atoms with Crippen LogP contribution in [-0.2, 0) is 10.0 Å². The van der Waals surface area contributed by atoms with E-state index in [0.717, 1.165) is 38.8 Å². The van der Waals surface area contributed by atoms with E-state index in [1.165, 1.54) is 12.1 Å². The predicted molar refractivity (Wildman–Crippen MR) is 83.2 cm³/mol. The summed E-state index contributed by atoms with van der Waals surface area (Å²) in [6, 6.07) is 3.92. The van der Waals surface area contributed by atoms with Crippen molar-refractivity contribution in [3.05, 3.63) is 28.5 Å². The summed E-state index contributed by atoms with van der Waals surface area (Å²) < 4.78 is 40.7. The van der Waals surface area contributed by atoms with Crippen LogP contribution in [0.5, 0.6) is 0 Å². The first-order valence-corrected chi connectivity index (χ1v) is 9.14. The lowest BCUT2D eigenvalue weighted by Gasteiger charge is -2.27. The molecule has 1 heterocycles. The first kappa shape index (κ1) is 16.8. The highest BCUT2D eigenvalue weighted by Gasteiger charge is 2.18. The first-order valence-electron chi connectivity index (χ1n) is 6.87. The highest BCUT2D eigenvalue weighted by atomic mass is 79.9. The number of sulfonamides is 1. The number of hydrogen-bond acceptors (Lipinski definition) is 4. The van der Waals surface area contributed by atoms with Crippen LogP contribution in [-0.4, -0.2) is 52.6 Å². The molecule has 1 aromatic carbocycles. The monoisotopic (exact) mass is 379 g/mol. The lowest BCUT2D eigenvalue weighted by molar-refractivity contribution is 0.239. The van der Waals surface area contributed by atoms with Crippen LogP contribution >= 0.6 is 15.9 Å². The van der Waals surface area contributed by atoms with Gasteiger partial charge in [-0.15, -0.1) is 0 Å². The van der Waals surface area contributed by atoms with Gasteiger partial charge in [-0.3, -0.25) is 0 Å². The third-order valence-electron chi connectivity index (χ3n) is 3.34. The Morgan fingerprint density at radius 1 is 1.33 bits per heavy atom. The van der Waals surface area contributed by atoms with Crippen LogP contribution in [0, 0.1) is 5.82 Å². The van der Waals surface area contributed by atoms with Crippen molar-refractivity contribution in [2.45, 2.75) is 11.3 Å². The molecule has 0 atom stereocenters. The molecule has 8 heteroatoms. The zero-order chi connectivity index (χ0) is 15.3. The molecule has 1 aromatic rings. The molecule has 1 aliphatic rings. The summed E-state index contributed by atoms with van der Waals surface area (Å²) in [7, 11) is -3.79. The van der Waals surface area contributed by atoms with Gasteiger partial charge in [0.1, 0.15) is 10.7 Å². The van der Waals surface area contributed by atoms with E-state index in [4.69, 9.17) is 0 Å². The molecule has 0 radical (unpaired) electrons. The molecule has 21 heavy (non-hydrogen) atoms. The number of nitrogens with zero attached hydrogens (tertiary/aromatic N) is 1. The number of halogens is 2. The Balaban J connectivity index is 1.83. The minimum atomic E-state index is -3.79. The highest BCUT2D eigenvalue weighted by Crippen LogP contribution is 2.19. The van der Waals surface area contributed by atoms with Crippen molar-refractivity contribution in [2.24, 2.45) is 0 Å². The quantitative estimate of drug-likeness (QED) is 0.728. The van der Waals surface area contributed by atoms with Crippen molar-refractivity contribution in [3.8, 4) is 0 Å². The average Bonchev–Trinajstić information content (AvgIpc) is 2.44. The van der Waals surface area contributed by atoms with Crippen LogP contribution < -0.4 is 10.0 Å². The summed E-state index contributed by atoms with van der Waals surface area (Å²) in [6.45, 7) is 5.04. The molecular formula is C13H19BrFN3O2S. The van der Waals surface area contributed by atoms with Gasteiger partial charge in [0.25, 0.3) is 0 Å². The zero-order valence-corrected chi connectivity index (χ0v) is 14.0. The van der Waals surface area contributed by atoms with Crippen molar-refractivity contribution in [1.82, 2.24) is 14.9 Å². The topological polar surface area (TPSA) is 61.4 Å². The molecular weight excluding hydrogens is 361 g/mol. The van der Waals surface area contributed by atoms with E-state index >= 15 is 0 Å². The Bertz CT molecular complexity index is 577. The zero-order valence-electron chi connectivity index (χ0n) is 11.6. The summed E-state index contributed by atoms with van der Waals surface area (Å²) in [4.78, 5) is 1.97. The molecule has 1 saturated heterocycles. The summed E-state index contributed by atoms with van der Waals surface area (Å²) in [5.74, 6) is -0.751. The minimum absolute atomic E-state index is 0.307. The maximum absolute atomic E-state index is 13.7. The van der Waals surface area contributed by atoms with Crippen molar-refractivity contribution in [3.63, 3.8) is 0 Å². The van der Waals surface area contributed by atoms with Crippen LogP contribution in [0.3, 0.4) is 0 Å². The van der Waals surface area contributed by atoms with E-state index in [9.17, 15) is 12.8 Å². The van der Waals surface area contributed by atoms with E-state index < -0.39 is 15.8 Å². The molecule has 2 N–H and O–H groups in total. The SMILES string of the molecule is O=S(=O)(NCCCN1CCNCC1)c1ccc(Br)cc1F. The molecule has 1 aliphatic heterocycles. The van der Waals surface area contributed by atoms with E-state index in [1.807, 2.05) is 0 Å². The number of hydrogen-bond donors (Lipinski definition) is 2. The molecule has 0 aliphatic carbocycles. The maximum Gasteiger partial charge on any atom is 0.243 e. The van der Waals surface area contributed by atoms with Crippen LogP contribution in [0.2, 0.25) is 0 Å². The summed E-state index contributed by atoms with van der Waals surface area (Å²) in [5, 5.41) is 3.26. The molecule has 0 bridgehead atoms. The molecule has 0 unspecified atom stereocenters. The van der Waals surface area contributed by atoms with Crippen molar-refractivity contribution < 1.29 is 12.8 Å². The molecule has 0 spiro atoms. The Kier molecular flexibility index (Phi) is 6.12. The third-order valence-corrected chi connectivity index (χ3v) is 5.32. The van der Waals surface area contributed by atoms with Crippen molar-refractivity contribution in [2.75, 3.05) is 39.3 Å². The molecule has 5 nitrogen and oxygen atoms in total. The van der Waals surface area contributed by atoms with Crippen LogP contribution in [0.1, 0.15) is 6.42 Å². The largest absolute Gasteiger partial charge is 0.314 e. The van der Waals surface area contributed by atoms with Crippen LogP contribution in [0.4, 0.5) is 4.39 Å². The van der Waals surface area contributed by atoms with Gasteiger partial charge in [0, 0.05) is 37.2 Å². The normalized spacial score (nSPS) is 17.0. The lowest BCUT2D eigenvalue weighted by Crippen LogP contribution is -2.44. The van der Waals surface area contributed by atoms with Gasteiger partial charge < -0.3 is 10.2 Å². The van der Waals surface area contributed by atoms with E-state index in [2.05, 4.69) is 30.9 Å². The third kappa shape index (κ3) is 5.00.